The van der Waals surface area contributed by atoms with Crippen LogP contribution in [0.5, 0.6) is 0 Å². The van der Waals surface area contributed by atoms with Gasteiger partial charge in [-0.05, 0) is 34.5 Å². The normalized spacial score (nSPS) is 11.4. The molecule has 0 aromatic heterocycles. The van der Waals surface area contributed by atoms with Crippen LogP contribution >= 0.6 is 27.5 Å². The molecule has 0 aliphatic heterocycles. The summed E-state index contributed by atoms with van der Waals surface area (Å²) in [4.78, 5) is 11.8. The molecule has 19 heavy (non-hydrogen) atoms. The van der Waals surface area contributed by atoms with Crippen molar-refractivity contribution in [2.75, 3.05) is 6.54 Å². The lowest BCUT2D eigenvalue weighted by atomic mass is 10.2. The summed E-state index contributed by atoms with van der Waals surface area (Å²) < 4.78 is 22.9. The number of carbonyl (C=O) groups is 1. The van der Waals surface area contributed by atoms with Gasteiger partial charge < -0.3 is 5.32 Å². The van der Waals surface area contributed by atoms with Crippen LogP contribution in [-0.4, -0.2) is 20.9 Å². The maximum atomic E-state index is 11.9. The molecule has 0 fully saturated rings. The van der Waals surface area contributed by atoms with Crippen LogP contribution in [0.15, 0.2) is 21.5 Å². The van der Waals surface area contributed by atoms with Crippen LogP contribution in [0.4, 0.5) is 0 Å². The Kier molecular flexibility index (Phi) is 5.79. The maximum Gasteiger partial charge on any atom is 0.252 e. The lowest BCUT2D eigenvalue weighted by Crippen LogP contribution is -2.25. The summed E-state index contributed by atoms with van der Waals surface area (Å²) in [5.74, 6) is -0.426. The Hall–Kier alpha value is -0.630. The number of halogens is 2. The quantitative estimate of drug-likeness (QED) is 0.780. The molecule has 0 unspecified atom stereocenters. The molecule has 0 aliphatic rings. The minimum absolute atomic E-state index is 0.0798. The van der Waals surface area contributed by atoms with Gasteiger partial charge in [-0.1, -0.05) is 24.9 Å². The topological polar surface area (TPSA) is 89.3 Å². The highest BCUT2D eigenvalue weighted by Crippen LogP contribution is 2.29. The molecule has 106 valence electrons. The standard InChI is InChI=1S/C11H14BrClN2O3S/c1-2-3-4-15-11(16)8-5-7(19(14,17)18)6-9(12)10(8)13/h5-6H,2-4H2,1H3,(H,15,16)(H2,14,17,18). The van der Waals surface area contributed by atoms with Gasteiger partial charge >= 0.3 is 0 Å². The van der Waals surface area contributed by atoms with E-state index >= 15 is 0 Å². The number of rotatable bonds is 5. The van der Waals surface area contributed by atoms with Crippen molar-refractivity contribution in [2.24, 2.45) is 5.14 Å². The second-order valence-corrected chi connectivity index (χ2v) is 6.71. The Morgan fingerprint density at radius 1 is 1.47 bits per heavy atom. The van der Waals surface area contributed by atoms with Gasteiger partial charge in [-0.15, -0.1) is 0 Å². The number of primary sulfonamides is 1. The molecule has 0 saturated heterocycles. The highest BCUT2D eigenvalue weighted by atomic mass is 79.9. The van der Waals surface area contributed by atoms with Gasteiger partial charge in [-0.2, -0.15) is 0 Å². The van der Waals surface area contributed by atoms with E-state index in [1.807, 2.05) is 6.92 Å². The van der Waals surface area contributed by atoms with Gasteiger partial charge in [0.2, 0.25) is 10.0 Å². The van der Waals surface area contributed by atoms with Crippen molar-refractivity contribution in [2.45, 2.75) is 24.7 Å². The van der Waals surface area contributed by atoms with Gasteiger partial charge in [0, 0.05) is 11.0 Å². The van der Waals surface area contributed by atoms with Crippen LogP contribution in [-0.2, 0) is 10.0 Å². The SMILES string of the molecule is CCCCNC(=O)c1cc(S(N)(=O)=O)cc(Br)c1Cl. The molecule has 0 radical (unpaired) electrons. The highest BCUT2D eigenvalue weighted by Gasteiger charge is 2.18. The molecule has 1 rings (SSSR count). The van der Waals surface area contributed by atoms with E-state index in [9.17, 15) is 13.2 Å². The molecule has 0 heterocycles. The third kappa shape index (κ3) is 4.45. The average Bonchev–Trinajstić information content (AvgIpc) is 2.31. The van der Waals surface area contributed by atoms with E-state index in [0.29, 0.717) is 11.0 Å². The number of nitrogens with one attached hydrogen (secondary N) is 1. The highest BCUT2D eigenvalue weighted by molar-refractivity contribution is 9.10. The molecular weight excluding hydrogens is 356 g/mol. The van der Waals surface area contributed by atoms with Crippen LogP contribution in [0, 0.1) is 0 Å². The number of unbranched alkanes of at least 4 members (excludes halogenated alkanes) is 1. The summed E-state index contributed by atoms with van der Waals surface area (Å²) in [6.07, 6.45) is 1.77. The Morgan fingerprint density at radius 2 is 2.11 bits per heavy atom. The lowest BCUT2D eigenvalue weighted by molar-refractivity contribution is 0.0953. The van der Waals surface area contributed by atoms with E-state index in [1.165, 1.54) is 12.1 Å². The zero-order chi connectivity index (χ0) is 14.6. The number of benzene rings is 1. The monoisotopic (exact) mass is 368 g/mol. The number of hydrogen-bond acceptors (Lipinski definition) is 3. The third-order valence-electron chi connectivity index (χ3n) is 2.39. The van der Waals surface area contributed by atoms with Crippen molar-refractivity contribution in [3.05, 3.63) is 27.2 Å². The van der Waals surface area contributed by atoms with E-state index < -0.39 is 15.9 Å². The first-order valence-corrected chi connectivity index (χ1v) is 8.29. The van der Waals surface area contributed by atoms with E-state index in [-0.39, 0.29) is 15.5 Å². The fourth-order valence-corrected chi connectivity index (χ4v) is 2.74. The summed E-state index contributed by atoms with van der Waals surface area (Å²) in [7, 11) is -3.89. The number of sulfonamides is 1. The first-order valence-electron chi connectivity index (χ1n) is 5.57. The Labute approximate surface area is 125 Å². The number of amides is 1. The minimum atomic E-state index is -3.89. The second-order valence-electron chi connectivity index (χ2n) is 3.92. The average molecular weight is 370 g/mol. The molecule has 3 N–H and O–H groups in total. The Bertz CT molecular complexity index is 590. The summed E-state index contributed by atoms with van der Waals surface area (Å²) in [6, 6.07) is 2.43. The molecule has 0 spiro atoms. The Morgan fingerprint density at radius 3 is 2.63 bits per heavy atom. The summed E-state index contributed by atoms with van der Waals surface area (Å²) in [5, 5.41) is 7.86. The van der Waals surface area contributed by atoms with Crippen LogP contribution in [0.1, 0.15) is 30.1 Å². The van der Waals surface area contributed by atoms with Crippen molar-refractivity contribution in [1.82, 2.24) is 5.32 Å². The molecule has 0 bridgehead atoms. The van der Waals surface area contributed by atoms with Gasteiger partial charge in [-0.25, -0.2) is 13.6 Å². The lowest BCUT2D eigenvalue weighted by Gasteiger charge is -2.09. The van der Waals surface area contributed by atoms with E-state index in [2.05, 4.69) is 21.2 Å². The molecule has 0 atom stereocenters. The van der Waals surface area contributed by atoms with Crippen LogP contribution < -0.4 is 10.5 Å². The van der Waals surface area contributed by atoms with Gasteiger partial charge in [0.05, 0.1) is 15.5 Å². The number of hydrogen-bond donors (Lipinski definition) is 2. The maximum absolute atomic E-state index is 11.9. The molecule has 1 amide bonds. The summed E-state index contributed by atoms with van der Waals surface area (Å²) >= 11 is 9.09. The van der Waals surface area contributed by atoms with Gasteiger partial charge in [0.25, 0.3) is 5.91 Å². The van der Waals surface area contributed by atoms with Crippen molar-refractivity contribution in [3.8, 4) is 0 Å². The molecule has 0 aliphatic carbocycles. The van der Waals surface area contributed by atoms with Crippen LogP contribution in [0.25, 0.3) is 0 Å². The minimum Gasteiger partial charge on any atom is -0.352 e. The second kappa shape index (κ2) is 6.69. The predicted molar refractivity (Wildman–Crippen MR) is 77.8 cm³/mol. The van der Waals surface area contributed by atoms with Crippen molar-refractivity contribution >= 4 is 43.5 Å². The summed E-state index contributed by atoms with van der Waals surface area (Å²) in [5.41, 5.74) is 0.0798. The molecule has 1 aromatic carbocycles. The first-order chi connectivity index (χ1) is 8.77. The smallest absolute Gasteiger partial charge is 0.252 e. The fourth-order valence-electron chi connectivity index (χ4n) is 1.37. The van der Waals surface area contributed by atoms with E-state index in [0.717, 1.165) is 12.8 Å². The third-order valence-corrected chi connectivity index (χ3v) is 4.54. The van der Waals surface area contributed by atoms with Crippen LogP contribution in [0.3, 0.4) is 0 Å². The number of nitrogens with two attached hydrogens (primary N) is 1. The van der Waals surface area contributed by atoms with E-state index in [1.54, 1.807) is 0 Å². The molecule has 8 heteroatoms. The van der Waals surface area contributed by atoms with Gasteiger partial charge in [0.1, 0.15) is 0 Å². The molecule has 0 saturated carbocycles. The predicted octanol–water partition coefficient (Wildman–Crippen LogP) is 2.28. The Balaban J connectivity index is 3.13. The number of carbonyl (C=O) groups excluding carboxylic acids is 1. The molecular formula is C11H14BrClN2O3S. The van der Waals surface area contributed by atoms with E-state index in [4.69, 9.17) is 16.7 Å². The van der Waals surface area contributed by atoms with Crippen molar-refractivity contribution in [1.29, 1.82) is 0 Å². The van der Waals surface area contributed by atoms with Gasteiger partial charge in [0.15, 0.2) is 0 Å². The van der Waals surface area contributed by atoms with Crippen molar-refractivity contribution < 1.29 is 13.2 Å². The zero-order valence-electron chi connectivity index (χ0n) is 10.2. The van der Waals surface area contributed by atoms with Gasteiger partial charge in [-0.3, -0.25) is 4.79 Å². The summed E-state index contributed by atoms with van der Waals surface area (Å²) in [6.45, 7) is 2.50. The van der Waals surface area contributed by atoms with Crippen LogP contribution in [0.2, 0.25) is 5.02 Å². The zero-order valence-corrected chi connectivity index (χ0v) is 13.4. The van der Waals surface area contributed by atoms with Crippen molar-refractivity contribution in [3.63, 3.8) is 0 Å². The molecule has 1 aromatic rings. The largest absolute Gasteiger partial charge is 0.352 e. The molecule has 5 nitrogen and oxygen atoms in total. The fraction of sp³-hybridized carbons (Fsp3) is 0.364. The first kappa shape index (κ1) is 16.4.